The molecule has 2 aromatic rings. The molecular weight excluding hydrogens is 365 g/mol. The van der Waals surface area contributed by atoms with Crippen molar-refractivity contribution >= 4 is 0 Å². The lowest BCUT2D eigenvalue weighted by atomic mass is 9.56. The van der Waals surface area contributed by atoms with E-state index in [1.54, 1.807) is 0 Å². The van der Waals surface area contributed by atoms with Crippen LogP contribution in [0.2, 0.25) is 0 Å². The van der Waals surface area contributed by atoms with Crippen molar-refractivity contribution in [2.24, 2.45) is 5.41 Å². The second kappa shape index (κ2) is 6.58. The van der Waals surface area contributed by atoms with Gasteiger partial charge in [0, 0.05) is 5.92 Å². The first kappa shape index (κ1) is 18.4. The molecule has 0 unspecified atom stereocenters. The van der Waals surface area contributed by atoms with Gasteiger partial charge in [0.05, 0.1) is 28.7 Å². The van der Waals surface area contributed by atoms with E-state index in [-0.39, 0.29) is 28.3 Å². The zero-order chi connectivity index (χ0) is 19.2. The average Bonchev–Trinajstić information content (AvgIpc) is 3.04. The fourth-order valence-electron chi connectivity index (χ4n) is 4.58. The minimum atomic E-state index is -4.58. The third-order valence-corrected chi connectivity index (χ3v) is 5.92. The van der Waals surface area contributed by atoms with Crippen LogP contribution in [-0.2, 0) is 6.18 Å². The van der Waals surface area contributed by atoms with E-state index >= 15 is 0 Å². The van der Waals surface area contributed by atoms with Crippen molar-refractivity contribution in [2.45, 2.75) is 44.2 Å². The lowest BCUT2D eigenvalue weighted by Crippen LogP contribution is -2.45. The van der Waals surface area contributed by atoms with Crippen LogP contribution in [-0.4, -0.2) is 22.9 Å². The largest absolute Gasteiger partial charge is 0.418 e. The molecule has 1 saturated heterocycles. The van der Waals surface area contributed by atoms with Crippen LogP contribution >= 0.6 is 0 Å². The summed E-state index contributed by atoms with van der Waals surface area (Å²) in [6.07, 6.45) is -2.96. The van der Waals surface area contributed by atoms with Gasteiger partial charge >= 0.3 is 6.18 Å². The number of alkyl halides is 5. The number of hydrogen-bond donors (Lipinski definition) is 1. The number of aromatic nitrogens is 2. The second-order valence-corrected chi connectivity index (χ2v) is 7.57. The minimum Gasteiger partial charge on any atom is -0.317 e. The SMILES string of the molecule is FC(F)c1cnn(-c2ccccc2C(F)(F)F)c1C1CC2(CCNCC2)C1. The maximum atomic E-state index is 13.6. The van der Waals surface area contributed by atoms with Crippen LogP contribution in [0.25, 0.3) is 5.69 Å². The summed E-state index contributed by atoms with van der Waals surface area (Å²) in [5.41, 5.74) is -0.982. The molecule has 1 aliphatic carbocycles. The van der Waals surface area contributed by atoms with E-state index in [1.807, 2.05) is 0 Å². The van der Waals surface area contributed by atoms with Crippen molar-refractivity contribution < 1.29 is 22.0 Å². The van der Waals surface area contributed by atoms with E-state index in [1.165, 1.54) is 18.2 Å². The molecule has 27 heavy (non-hydrogen) atoms. The molecule has 8 heteroatoms. The van der Waals surface area contributed by atoms with Gasteiger partial charge < -0.3 is 5.32 Å². The summed E-state index contributed by atoms with van der Waals surface area (Å²) in [6.45, 7) is 1.79. The number of halogens is 5. The molecule has 0 bridgehead atoms. The van der Waals surface area contributed by atoms with E-state index in [9.17, 15) is 22.0 Å². The number of nitrogens with zero attached hydrogens (tertiary/aromatic N) is 2. The Morgan fingerprint density at radius 2 is 1.78 bits per heavy atom. The van der Waals surface area contributed by atoms with Gasteiger partial charge in [-0.1, -0.05) is 12.1 Å². The van der Waals surface area contributed by atoms with Crippen LogP contribution in [0.4, 0.5) is 22.0 Å². The van der Waals surface area contributed by atoms with Crippen molar-refractivity contribution in [1.82, 2.24) is 15.1 Å². The predicted molar refractivity (Wildman–Crippen MR) is 90.0 cm³/mol. The molecule has 1 N–H and O–H groups in total. The van der Waals surface area contributed by atoms with Gasteiger partial charge in [-0.2, -0.15) is 18.3 Å². The second-order valence-electron chi connectivity index (χ2n) is 7.57. The first-order chi connectivity index (χ1) is 12.8. The average molecular weight is 385 g/mol. The molecule has 0 amide bonds. The zero-order valence-electron chi connectivity index (χ0n) is 14.6. The number of nitrogens with one attached hydrogen (secondary N) is 1. The van der Waals surface area contributed by atoms with E-state index in [0.717, 1.165) is 42.9 Å². The number of benzene rings is 1. The molecular formula is C19H20F5N3. The lowest BCUT2D eigenvalue weighted by Gasteiger charge is -2.50. The number of rotatable bonds is 3. The Morgan fingerprint density at radius 3 is 2.41 bits per heavy atom. The zero-order valence-corrected chi connectivity index (χ0v) is 14.6. The van der Waals surface area contributed by atoms with Gasteiger partial charge in [0.15, 0.2) is 0 Å². The molecule has 1 aromatic heterocycles. The Morgan fingerprint density at radius 1 is 1.11 bits per heavy atom. The van der Waals surface area contributed by atoms with Gasteiger partial charge in [-0.15, -0.1) is 0 Å². The lowest BCUT2D eigenvalue weighted by molar-refractivity contribution is -0.137. The predicted octanol–water partition coefficient (Wildman–Crippen LogP) is 5.08. The fourth-order valence-corrected chi connectivity index (χ4v) is 4.58. The van der Waals surface area contributed by atoms with Crippen LogP contribution in [0.15, 0.2) is 30.5 Å². The third-order valence-electron chi connectivity index (χ3n) is 5.92. The standard InChI is InChI=1S/C19H20F5N3/c20-17(21)13-11-26-27(15-4-2-1-3-14(15)19(22,23)24)16(13)12-9-18(10-12)5-7-25-8-6-18/h1-4,11-12,17,25H,5-10H2. The molecule has 1 saturated carbocycles. The monoisotopic (exact) mass is 385 g/mol. The molecule has 3 nitrogen and oxygen atoms in total. The summed E-state index contributed by atoms with van der Waals surface area (Å²) >= 11 is 0. The molecule has 2 heterocycles. The summed E-state index contributed by atoms with van der Waals surface area (Å²) in [5, 5.41) is 7.23. The van der Waals surface area contributed by atoms with Gasteiger partial charge in [-0.25, -0.2) is 13.5 Å². The Kier molecular flexibility index (Phi) is 4.49. The van der Waals surface area contributed by atoms with Gasteiger partial charge in [-0.3, -0.25) is 0 Å². The Labute approximate surface area is 153 Å². The Bertz CT molecular complexity index is 813. The fraction of sp³-hybridized carbons (Fsp3) is 0.526. The smallest absolute Gasteiger partial charge is 0.317 e. The highest BCUT2D eigenvalue weighted by atomic mass is 19.4. The summed E-state index contributed by atoms with van der Waals surface area (Å²) in [4.78, 5) is 0. The topological polar surface area (TPSA) is 29.9 Å². The van der Waals surface area contributed by atoms with Gasteiger partial charge in [0.2, 0.25) is 0 Å². The summed E-state index contributed by atoms with van der Waals surface area (Å²) in [7, 11) is 0. The van der Waals surface area contributed by atoms with E-state index in [2.05, 4.69) is 10.4 Å². The summed E-state index contributed by atoms with van der Waals surface area (Å²) in [5.74, 6) is -0.198. The molecule has 0 atom stereocenters. The van der Waals surface area contributed by atoms with Crippen molar-refractivity contribution in [3.05, 3.63) is 47.3 Å². The van der Waals surface area contributed by atoms with Gasteiger partial charge in [0.25, 0.3) is 6.43 Å². The first-order valence-electron chi connectivity index (χ1n) is 9.04. The first-order valence-corrected chi connectivity index (χ1v) is 9.04. The highest BCUT2D eigenvalue weighted by Crippen LogP contribution is 2.57. The van der Waals surface area contributed by atoms with Crippen molar-refractivity contribution in [1.29, 1.82) is 0 Å². The molecule has 4 rings (SSSR count). The van der Waals surface area contributed by atoms with Crippen molar-refractivity contribution in [3.63, 3.8) is 0 Å². The number of para-hydroxylation sites is 1. The molecule has 1 aliphatic heterocycles. The van der Waals surface area contributed by atoms with Crippen LogP contribution in [0, 0.1) is 5.41 Å². The van der Waals surface area contributed by atoms with Crippen LogP contribution in [0.5, 0.6) is 0 Å². The number of piperidine rings is 1. The van der Waals surface area contributed by atoms with Crippen molar-refractivity contribution in [2.75, 3.05) is 13.1 Å². The molecule has 1 aromatic carbocycles. The van der Waals surface area contributed by atoms with Gasteiger partial charge in [-0.05, 0) is 56.3 Å². The minimum absolute atomic E-state index is 0.119. The molecule has 146 valence electrons. The van der Waals surface area contributed by atoms with Crippen molar-refractivity contribution in [3.8, 4) is 5.69 Å². The Hall–Kier alpha value is -1.96. The number of hydrogen-bond acceptors (Lipinski definition) is 2. The van der Waals surface area contributed by atoms with Crippen LogP contribution in [0.1, 0.15) is 54.8 Å². The highest BCUT2D eigenvalue weighted by Gasteiger charge is 2.47. The quantitative estimate of drug-likeness (QED) is 0.747. The van der Waals surface area contributed by atoms with Crippen LogP contribution < -0.4 is 5.32 Å². The third kappa shape index (κ3) is 3.24. The Balaban J connectivity index is 1.74. The summed E-state index contributed by atoms with van der Waals surface area (Å²) in [6, 6.07) is 5.00. The van der Waals surface area contributed by atoms with Gasteiger partial charge in [0.1, 0.15) is 0 Å². The molecule has 0 radical (unpaired) electrons. The molecule has 2 fully saturated rings. The molecule has 1 spiro atoms. The molecule has 2 aliphatic rings. The summed E-state index contributed by atoms with van der Waals surface area (Å²) < 4.78 is 68.5. The normalized spacial score (nSPS) is 20.2. The maximum Gasteiger partial charge on any atom is 0.418 e. The highest BCUT2D eigenvalue weighted by molar-refractivity contribution is 5.45. The van der Waals surface area contributed by atoms with E-state index < -0.39 is 18.2 Å². The van der Waals surface area contributed by atoms with E-state index in [4.69, 9.17) is 0 Å². The van der Waals surface area contributed by atoms with E-state index in [0.29, 0.717) is 12.8 Å². The van der Waals surface area contributed by atoms with Crippen LogP contribution in [0.3, 0.4) is 0 Å². The maximum absolute atomic E-state index is 13.6.